The van der Waals surface area contributed by atoms with Crippen LogP contribution < -0.4 is 0 Å². The lowest BCUT2D eigenvalue weighted by atomic mass is 9.95. The molecule has 1 aliphatic heterocycles. The van der Waals surface area contributed by atoms with Gasteiger partial charge in [-0.2, -0.15) is 11.8 Å². The molecule has 1 heterocycles. The van der Waals surface area contributed by atoms with Gasteiger partial charge in [-0.05, 0) is 24.5 Å². The van der Waals surface area contributed by atoms with Gasteiger partial charge in [0.05, 0.1) is 0 Å². The van der Waals surface area contributed by atoms with Crippen molar-refractivity contribution >= 4 is 11.8 Å². The van der Waals surface area contributed by atoms with Crippen molar-refractivity contribution in [3.63, 3.8) is 0 Å². The highest BCUT2D eigenvalue weighted by Gasteiger charge is 2.24. The zero-order valence-electron chi connectivity index (χ0n) is 9.24. The first kappa shape index (κ1) is 12.3. The van der Waals surface area contributed by atoms with Gasteiger partial charge < -0.3 is 10.0 Å². The maximum atomic E-state index is 8.60. The Morgan fingerprint density at radius 3 is 2.79 bits per heavy atom. The van der Waals surface area contributed by atoms with Crippen LogP contribution >= 0.6 is 11.8 Å². The van der Waals surface area contributed by atoms with E-state index >= 15 is 0 Å². The molecule has 2 nitrogen and oxygen atoms in total. The van der Waals surface area contributed by atoms with Crippen LogP contribution in [0.4, 0.5) is 0 Å². The summed E-state index contributed by atoms with van der Waals surface area (Å²) in [5.74, 6) is 3.34. The van der Waals surface area contributed by atoms with Crippen LogP contribution in [0.25, 0.3) is 0 Å². The Morgan fingerprint density at radius 2 is 2.14 bits per heavy atom. The van der Waals surface area contributed by atoms with E-state index in [-0.39, 0.29) is 0 Å². The van der Waals surface area contributed by atoms with Crippen molar-refractivity contribution in [2.24, 2.45) is 5.92 Å². The Balaban J connectivity index is 1.81. The van der Waals surface area contributed by atoms with Crippen molar-refractivity contribution in [1.82, 2.24) is 4.90 Å². The lowest BCUT2D eigenvalue weighted by Gasteiger charge is -2.39. The van der Waals surface area contributed by atoms with Gasteiger partial charge in [-0.1, -0.05) is 13.3 Å². The molecule has 14 heavy (non-hydrogen) atoms. The summed E-state index contributed by atoms with van der Waals surface area (Å²) in [6, 6.07) is 0. The molecular weight excluding hydrogens is 194 g/mol. The second-order valence-electron chi connectivity index (χ2n) is 4.10. The van der Waals surface area contributed by atoms with Gasteiger partial charge >= 0.3 is 0 Å². The van der Waals surface area contributed by atoms with Crippen LogP contribution in [0.5, 0.6) is 0 Å². The maximum absolute atomic E-state index is 8.60. The summed E-state index contributed by atoms with van der Waals surface area (Å²) >= 11 is 1.97. The fourth-order valence-corrected chi connectivity index (χ4v) is 2.84. The number of hydrogen-bond acceptors (Lipinski definition) is 3. The van der Waals surface area contributed by atoms with Crippen molar-refractivity contribution < 1.29 is 5.11 Å². The van der Waals surface area contributed by atoms with Crippen LogP contribution in [0.1, 0.15) is 26.2 Å². The molecule has 0 aromatic carbocycles. The highest BCUT2D eigenvalue weighted by atomic mass is 32.2. The molecule has 1 fully saturated rings. The third-order valence-corrected chi connectivity index (χ3v) is 3.78. The van der Waals surface area contributed by atoms with Gasteiger partial charge in [-0.15, -0.1) is 0 Å². The fourth-order valence-electron chi connectivity index (χ4n) is 1.91. The van der Waals surface area contributed by atoms with Crippen LogP contribution in [-0.2, 0) is 0 Å². The number of thioether (sulfide) groups is 1. The Bertz CT molecular complexity index is 137. The Kier molecular flexibility index (Phi) is 6.65. The number of nitrogens with zero attached hydrogens (tertiary/aromatic N) is 1. The van der Waals surface area contributed by atoms with Crippen molar-refractivity contribution in [2.45, 2.75) is 26.2 Å². The number of aliphatic hydroxyl groups excluding tert-OH is 1. The zero-order chi connectivity index (χ0) is 10.2. The van der Waals surface area contributed by atoms with E-state index in [1.165, 1.54) is 38.2 Å². The Labute approximate surface area is 92.1 Å². The lowest BCUT2D eigenvalue weighted by molar-refractivity contribution is 0.102. The van der Waals surface area contributed by atoms with E-state index in [9.17, 15) is 0 Å². The third kappa shape index (κ3) is 4.67. The van der Waals surface area contributed by atoms with E-state index in [1.54, 1.807) is 0 Å². The van der Waals surface area contributed by atoms with E-state index < -0.39 is 0 Å². The van der Waals surface area contributed by atoms with Gasteiger partial charge in [0.1, 0.15) is 0 Å². The van der Waals surface area contributed by atoms with E-state index in [0.717, 1.165) is 18.1 Å². The predicted molar refractivity (Wildman–Crippen MR) is 63.9 cm³/mol. The first-order valence-corrected chi connectivity index (χ1v) is 6.93. The van der Waals surface area contributed by atoms with Gasteiger partial charge in [0.2, 0.25) is 0 Å². The fraction of sp³-hybridized carbons (Fsp3) is 1.00. The molecular formula is C11H23NOS. The summed E-state index contributed by atoms with van der Waals surface area (Å²) < 4.78 is 0. The molecule has 1 rings (SSSR count). The lowest BCUT2D eigenvalue weighted by Crippen LogP contribution is -2.47. The summed E-state index contributed by atoms with van der Waals surface area (Å²) in [5.41, 5.74) is 0. The topological polar surface area (TPSA) is 23.5 Å². The van der Waals surface area contributed by atoms with Gasteiger partial charge in [0.25, 0.3) is 0 Å². The summed E-state index contributed by atoms with van der Waals surface area (Å²) in [6.45, 7) is 6.52. The van der Waals surface area contributed by atoms with Gasteiger partial charge in [0, 0.05) is 32.0 Å². The SMILES string of the molecule is CCCC1CN(CCSCCCO)C1. The van der Waals surface area contributed by atoms with E-state index in [1.807, 2.05) is 11.8 Å². The van der Waals surface area contributed by atoms with Gasteiger partial charge in [0.15, 0.2) is 0 Å². The number of aliphatic hydroxyl groups is 1. The molecule has 84 valence electrons. The van der Waals surface area contributed by atoms with Crippen LogP contribution in [-0.4, -0.2) is 47.8 Å². The Morgan fingerprint density at radius 1 is 1.36 bits per heavy atom. The average molecular weight is 217 g/mol. The third-order valence-electron chi connectivity index (χ3n) is 2.73. The van der Waals surface area contributed by atoms with Crippen molar-refractivity contribution in [2.75, 3.05) is 37.7 Å². The maximum Gasteiger partial charge on any atom is 0.0438 e. The molecule has 3 heteroatoms. The normalized spacial score (nSPS) is 18.4. The molecule has 1 saturated heterocycles. The minimum atomic E-state index is 0.343. The van der Waals surface area contributed by atoms with E-state index in [0.29, 0.717) is 6.61 Å². The molecule has 1 N–H and O–H groups in total. The molecule has 0 amide bonds. The van der Waals surface area contributed by atoms with Crippen LogP contribution in [0.3, 0.4) is 0 Å². The molecule has 0 aliphatic carbocycles. The van der Waals surface area contributed by atoms with Crippen molar-refractivity contribution in [1.29, 1.82) is 0 Å². The summed E-state index contributed by atoms with van der Waals surface area (Å²) in [5, 5.41) is 8.60. The summed E-state index contributed by atoms with van der Waals surface area (Å²) in [7, 11) is 0. The van der Waals surface area contributed by atoms with E-state index in [4.69, 9.17) is 5.11 Å². The quantitative estimate of drug-likeness (QED) is 0.628. The molecule has 0 saturated carbocycles. The molecule has 0 atom stereocenters. The molecule has 0 unspecified atom stereocenters. The van der Waals surface area contributed by atoms with Crippen LogP contribution in [0.2, 0.25) is 0 Å². The first-order valence-electron chi connectivity index (χ1n) is 5.77. The van der Waals surface area contributed by atoms with Crippen LogP contribution in [0.15, 0.2) is 0 Å². The largest absolute Gasteiger partial charge is 0.396 e. The van der Waals surface area contributed by atoms with Crippen molar-refractivity contribution in [3.05, 3.63) is 0 Å². The standard InChI is InChI=1S/C11H23NOS/c1-2-4-11-9-12(10-11)5-8-14-7-3-6-13/h11,13H,2-10H2,1H3. The molecule has 0 aromatic rings. The van der Waals surface area contributed by atoms with Crippen molar-refractivity contribution in [3.8, 4) is 0 Å². The van der Waals surface area contributed by atoms with E-state index in [2.05, 4.69) is 11.8 Å². The summed E-state index contributed by atoms with van der Waals surface area (Å²) in [4.78, 5) is 2.55. The minimum Gasteiger partial charge on any atom is -0.396 e. The monoisotopic (exact) mass is 217 g/mol. The van der Waals surface area contributed by atoms with Gasteiger partial charge in [-0.25, -0.2) is 0 Å². The average Bonchev–Trinajstić information content (AvgIpc) is 2.13. The second-order valence-corrected chi connectivity index (χ2v) is 5.33. The molecule has 0 radical (unpaired) electrons. The Hall–Kier alpha value is 0.270. The van der Waals surface area contributed by atoms with Gasteiger partial charge in [-0.3, -0.25) is 0 Å². The molecule has 0 bridgehead atoms. The smallest absolute Gasteiger partial charge is 0.0438 e. The highest BCUT2D eigenvalue weighted by molar-refractivity contribution is 7.99. The molecule has 1 aliphatic rings. The second kappa shape index (κ2) is 7.55. The minimum absolute atomic E-state index is 0.343. The number of likely N-dealkylation sites (tertiary alicyclic amines) is 1. The van der Waals surface area contributed by atoms with Crippen LogP contribution in [0, 0.1) is 5.92 Å². The molecule has 0 aromatic heterocycles. The first-order chi connectivity index (χ1) is 6.86. The number of hydrogen-bond donors (Lipinski definition) is 1. The summed E-state index contributed by atoms with van der Waals surface area (Å²) in [6.07, 6.45) is 3.70. The number of rotatable bonds is 8. The highest BCUT2D eigenvalue weighted by Crippen LogP contribution is 2.20. The predicted octanol–water partition coefficient (Wildman–Crippen LogP) is 1.83. The molecule has 0 spiro atoms. The zero-order valence-corrected chi connectivity index (χ0v) is 10.1.